The predicted molar refractivity (Wildman–Crippen MR) is 64.9 cm³/mol. The first-order valence-corrected chi connectivity index (χ1v) is 5.33. The predicted octanol–water partition coefficient (Wildman–Crippen LogP) is -0.104. The second kappa shape index (κ2) is 5.85. The van der Waals surface area contributed by atoms with Gasteiger partial charge in [-0.05, 0) is 0 Å². The summed E-state index contributed by atoms with van der Waals surface area (Å²) in [5, 5.41) is 2.15. The summed E-state index contributed by atoms with van der Waals surface area (Å²) in [7, 11) is 2.35. The van der Waals surface area contributed by atoms with Gasteiger partial charge in [0, 0.05) is 12.6 Å². The number of methoxy groups -OCH3 is 1. The minimum absolute atomic E-state index is 0.109. The van der Waals surface area contributed by atoms with Gasteiger partial charge in [-0.2, -0.15) is 0 Å². The summed E-state index contributed by atoms with van der Waals surface area (Å²) in [6.45, 7) is 0. The van der Waals surface area contributed by atoms with Crippen molar-refractivity contribution in [3.8, 4) is 0 Å². The summed E-state index contributed by atoms with van der Waals surface area (Å²) >= 11 is 0. The molecule has 0 saturated heterocycles. The molecule has 102 valence electrons. The molecule has 2 amide bonds. The molecule has 0 bridgehead atoms. The second-order valence-corrected chi connectivity index (χ2v) is 3.54. The molecule has 7 heteroatoms. The number of amides is 2. The molecule has 19 heavy (non-hydrogen) atoms. The molecule has 0 saturated carbocycles. The Labute approximate surface area is 109 Å². The minimum Gasteiger partial charge on any atom is -0.465 e. The van der Waals surface area contributed by atoms with Crippen LogP contribution >= 0.6 is 0 Å². The highest BCUT2D eigenvalue weighted by Crippen LogP contribution is 2.27. The Morgan fingerprint density at radius 2 is 1.79 bits per heavy atom. The first kappa shape index (κ1) is 14.5. The van der Waals surface area contributed by atoms with E-state index < -0.39 is 23.6 Å². The number of nitrogens with one attached hydrogen (secondary N) is 1. The quantitative estimate of drug-likeness (QED) is 0.584. The molecule has 1 atom stereocenters. The van der Waals surface area contributed by atoms with Gasteiger partial charge in [-0.1, -0.05) is 30.3 Å². The normalized spacial score (nSPS) is 12.9. The van der Waals surface area contributed by atoms with Crippen molar-refractivity contribution in [2.45, 2.75) is 5.60 Å². The van der Waals surface area contributed by atoms with E-state index in [9.17, 15) is 14.4 Å². The summed E-state index contributed by atoms with van der Waals surface area (Å²) in [6.07, 6.45) is -0.979. The van der Waals surface area contributed by atoms with Crippen LogP contribution in [-0.2, 0) is 24.7 Å². The number of hydrogen-bond donors (Lipinski definition) is 2. The standard InChI is InChI=1S/C12H14N2O5/c1-14-11(17)19-12(9(13)15,10(16)18-2)8-6-4-3-5-7-8/h3-7H,1-2H3,(H2,13,15)(H,14,17)/t12-/m0/s1. The Kier molecular flexibility index (Phi) is 4.46. The topological polar surface area (TPSA) is 108 Å². The van der Waals surface area contributed by atoms with E-state index in [1.165, 1.54) is 19.2 Å². The Hall–Kier alpha value is -2.57. The van der Waals surface area contributed by atoms with Gasteiger partial charge in [0.1, 0.15) is 0 Å². The Morgan fingerprint density at radius 1 is 1.21 bits per heavy atom. The number of primary amides is 1. The van der Waals surface area contributed by atoms with Crippen LogP contribution in [-0.4, -0.2) is 32.1 Å². The van der Waals surface area contributed by atoms with E-state index in [0.29, 0.717) is 0 Å². The van der Waals surface area contributed by atoms with Crippen molar-refractivity contribution in [2.24, 2.45) is 5.73 Å². The molecule has 0 aliphatic rings. The molecule has 0 unspecified atom stereocenters. The molecule has 0 fully saturated rings. The van der Waals surface area contributed by atoms with Gasteiger partial charge >= 0.3 is 17.7 Å². The number of ether oxygens (including phenoxy) is 2. The molecule has 1 aromatic rings. The van der Waals surface area contributed by atoms with Crippen LogP contribution in [0.1, 0.15) is 5.56 Å². The molecule has 0 aliphatic carbocycles. The molecular formula is C12H14N2O5. The summed E-state index contributed by atoms with van der Waals surface area (Å²) in [6, 6.07) is 7.69. The third-order valence-electron chi connectivity index (χ3n) is 2.45. The van der Waals surface area contributed by atoms with Crippen molar-refractivity contribution in [1.29, 1.82) is 0 Å². The lowest BCUT2D eigenvalue weighted by Gasteiger charge is -2.27. The first-order chi connectivity index (χ1) is 8.98. The van der Waals surface area contributed by atoms with Crippen LogP contribution in [0.5, 0.6) is 0 Å². The van der Waals surface area contributed by atoms with Gasteiger partial charge in [-0.15, -0.1) is 0 Å². The summed E-state index contributed by atoms with van der Waals surface area (Å²) < 4.78 is 9.42. The smallest absolute Gasteiger partial charge is 0.408 e. The van der Waals surface area contributed by atoms with Crippen LogP contribution in [0.15, 0.2) is 30.3 Å². The van der Waals surface area contributed by atoms with Crippen molar-refractivity contribution in [3.05, 3.63) is 35.9 Å². The molecule has 0 heterocycles. The van der Waals surface area contributed by atoms with E-state index in [0.717, 1.165) is 7.11 Å². The van der Waals surface area contributed by atoms with Gasteiger partial charge in [0.2, 0.25) is 0 Å². The number of hydrogen-bond acceptors (Lipinski definition) is 5. The maximum atomic E-state index is 11.9. The zero-order chi connectivity index (χ0) is 14.5. The van der Waals surface area contributed by atoms with E-state index in [2.05, 4.69) is 10.1 Å². The molecule has 0 radical (unpaired) electrons. The Balaban J connectivity index is 3.40. The summed E-state index contributed by atoms with van der Waals surface area (Å²) in [4.78, 5) is 35.0. The third-order valence-corrected chi connectivity index (χ3v) is 2.45. The molecule has 1 aromatic carbocycles. The van der Waals surface area contributed by atoms with Crippen LogP contribution in [0.25, 0.3) is 0 Å². The van der Waals surface area contributed by atoms with Gasteiger partial charge in [0.05, 0.1) is 7.11 Å². The number of alkyl carbamates (subject to hydrolysis) is 1. The lowest BCUT2D eigenvalue weighted by Crippen LogP contribution is -2.53. The fraction of sp³-hybridized carbons (Fsp3) is 0.250. The summed E-state index contributed by atoms with van der Waals surface area (Å²) in [5.41, 5.74) is 3.04. The van der Waals surface area contributed by atoms with E-state index in [1.807, 2.05) is 0 Å². The zero-order valence-electron chi connectivity index (χ0n) is 10.5. The Morgan fingerprint density at radius 3 is 2.21 bits per heavy atom. The van der Waals surface area contributed by atoms with Gasteiger partial charge in [0.15, 0.2) is 0 Å². The first-order valence-electron chi connectivity index (χ1n) is 5.33. The van der Waals surface area contributed by atoms with Crippen LogP contribution in [0.2, 0.25) is 0 Å². The molecule has 0 aromatic heterocycles. The zero-order valence-corrected chi connectivity index (χ0v) is 10.5. The molecule has 7 nitrogen and oxygen atoms in total. The third kappa shape index (κ3) is 2.65. The average Bonchev–Trinajstić information content (AvgIpc) is 2.44. The van der Waals surface area contributed by atoms with Crippen molar-refractivity contribution in [2.75, 3.05) is 14.2 Å². The van der Waals surface area contributed by atoms with E-state index in [-0.39, 0.29) is 5.56 Å². The average molecular weight is 266 g/mol. The highest BCUT2D eigenvalue weighted by molar-refractivity contribution is 6.07. The van der Waals surface area contributed by atoms with E-state index >= 15 is 0 Å². The molecule has 0 aliphatic heterocycles. The fourth-order valence-electron chi connectivity index (χ4n) is 1.52. The fourth-order valence-corrected chi connectivity index (χ4v) is 1.52. The monoisotopic (exact) mass is 266 g/mol. The Bertz CT molecular complexity index is 488. The summed E-state index contributed by atoms with van der Waals surface area (Å²) in [5.74, 6) is -2.22. The van der Waals surface area contributed by atoms with Crippen molar-refractivity contribution < 1.29 is 23.9 Å². The van der Waals surface area contributed by atoms with Crippen LogP contribution in [0, 0.1) is 0 Å². The second-order valence-electron chi connectivity index (χ2n) is 3.54. The van der Waals surface area contributed by atoms with E-state index in [1.54, 1.807) is 18.2 Å². The lowest BCUT2D eigenvalue weighted by atomic mass is 9.93. The van der Waals surface area contributed by atoms with Crippen molar-refractivity contribution in [3.63, 3.8) is 0 Å². The minimum atomic E-state index is -2.31. The largest absolute Gasteiger partial charge is 0.465 e. The maximum Gasteiger partial charge on any atom is 0.408 e. The van der Waals surface area contributed by atoms with Crippen LogP contribution < -0.4 is 11.1 Å². The van der Waals surface area contributed by atoms with Gasteiger partial charge < -0.3 is 20.5 Å². The van der Waals surface area contributed by atoms with Gasteiger partial charge in [-0.3, -0.25) is 4.79 Å². The van der Waals surface area contributed by atoms with E-state index in [4.69, 9.17) is 10.5 Å². The molecule has 3 N–H and O–H groups in total. The number of esters is 1. The number of carbonyl (C=O) groups is 3. The van der Waals surface area contributed by atoms with Gasteiger partial charge in [-0.25, -0.2) is 9.59 Å². The number of nitrogens with two attached hydrogens (primary N) is 1. The number of benzene rings is 1. The highest BCUT2D eigenvalue weighted by atomic mass is 16.6. The van der Waals surface area contributed by atoms with Gasteiger partial charge in [0.25, 0.3) is 5.91 Å². The lowest BCUT2D eigenvalue weighted by molar-refractivity contribution is -0.169. The molecular weight excluding hydrogens is 252 g/mol. The number of rotatable bonds is 4. The van der Waals surface area contributed by atoms with Crippen LogP contribution in [0.4, 0.5) is 4.79 Å². The van der Waals surface area contributed by atoms with Crippen molar-refractivity contribution in [1.82, 2.24) is 5.32 Å². The molecule has 0 spiro atoms. The maximum absolute atomic E-state index is 11.9. The molecule has 1 rings (SSSR count). The SMILES string of the molecule is CNC(=O)O[C@@](C(N)=O)(C(=O)OC)c1ccccc1. The number of carbonyl (C=O) groups excluding carboxylic acids is 3. The van der Waals surface area contributed by atoms with Crippen LogP contribution in [0.3, 0.4) is 0 Å². The van der Waals surface area contributed by atoms with Crippen molar-refractivity contribution >= 4 is 18.0 Å². The highest BCUT2D eigenvalue weighted by Gasteiger charge is 2.51.